The third kappa shape index (κ3) is 3.00. The van der Waals surface area contributed by atoms with Crippen molar-refractivity contribution in [3.05, 3.63) is 0 Å². The van der Waals surface area contributed by atoms with Gasteiger partial charge in [0.1, 0.15) is 0 Å². The smallest absolute Gasteiger partial charge is 0.0363 e. The molecule has 0 aromatic heterocycles. The lowest BCUT2D eigenvalue weighted by Gasteiger charge is -2.33. The lowest BCUT2D eigenvalue weighted by atomic mass is 9.73. The molecule has 0 N–H and O–H groups in total. The van der Waals surface area contributed by atoms with Crippen LogP contribution in [0.15, 0.2) is 0 Å². The molecule has 0 heteroatoms. The largest absolute Gasteiger partial charge is 0.0651 e. The molecule has 0 radical (unpaired) electrons. The van der Waals surface area contributed by atoms with Crippen molar-refractivity contribution in [1.82, 2.24) is 0 Å². The molecule has 0 aromatic rings. The number of hydrogen-bond acceptors (Lipinski definition) is 0. The van der Waals surface area contributed by atoms with Crippen molar-refractivity contribution >= 4 is 0 Å². The Balaban J connectivity index is 2.43. The maximum absolute atomic E-state index is 2.45. The van der Waals surface area contributed by atoms with Crippen LogP contribution in [0.5, 0.6) is 0 Å². The SMILES string of the molecule is CC[C@@H](C)[C@@H](CC)C1CCCCC1. The number of hydrogen-bond donors (Lipinski definition) is 0. The molecule has 1 fully saturated rings. The maximum Gasteiger partial charge on any atom is -0.0363 e. The van der Waals surface area contributed by atoms with E-state index in [2.05, 4.69) is 20.8 Å². The Morgan fingerprint density at radius 3 is 2.08 bits per heavy atom. The Kier molecular flexibility index (Phi) is 4.83. The van der Waals surface area contributed by atoms with Crippen molar-refractivity contribution in [2.75, 3.05) is 0 Å². The lowest BCUT2D eigenvalue weighted by molar-refractivity contribution is 0.177. The van der Waals surface area contributed by atoms with E-state index in [-0.39, 0.29) is 0 Å². The predicted octanol–water partition coefficient (Wildman–Crippen LogP) is 4.64. The van der Waals surface area contributed by atoms with E-state index >= 15 is 0 Å². The first-order chi connectivity index (χ1) is 6.29. The fourth-order valence-electron chi connectivity index (χ4n) is 3.07. The zero-order chi connectivity index (χ0) is 9.68. The summed E-state index contributed by atoms with van der Waals surface area (Å²) >= 11 is 0. The highest BCUT2D eigenvalue weighted by molar-refractivity contribution is 4.76. The van der Waals surface area contributed by atoms with Crippen LogP contribution in [0.25, 0.3) is 0 Å². The maximum atomic E-state index is 2.45. The first-order valence-corrected chi connectivity index (χ1v) is 6.29. The molecule has 0 heterocycles. The van der Waals surface area contributed by atoms with Gasteiger partial charge in [-0.15, -0.1) is 0 Å². The van der Waals surface area contributed by atoms with Gasteiger partial charge in [0, 0.05) is 0 Å². The summed E-state index contributed by atoms with van der Waals surface area (Å²) < 4.78 is 0. The molecule has 0 nitrogen and oxygen atoms in total. The van der Waals surface area contributed by atoms with Crippen molar-refractivity contribution in [3.8, 4) is 0 Å². The third-order valence-electron chi connectivity index (χ3n) is 4.10. The first kappa shape index (κ1) is 11.1. The number of rotatable bonds is 4. The molecular weight excluding hydrogens is 156 g/mol. The van der Waals surface area contributed by atoms with Crippen molar-refractivity contribution in [1.29, 1.82) is 0 Å². The van der Waals surface area contributed by atoms with Crippen LogP contribution in [0.2, 0.25) is 0 Å². The topological polar surface area (TPSA) is 0 Å². The Morgan fingerprint density at radius 2 is 1.62 bits per heavy atom. The van der Waals surface area contributed by atoms with Gasteiger partial charge in [0.15, 0.2) is 0 Å². The van der Waals surface area contributed by atoms with E-state index < -0.39 is 0 Å². The molecule has 0 aromatic carbocycles. The van der Waals surface area contributed by atoms with Crippen LogP contribution in [0.3, 0.4) is 0 Å². The second-order valence-corrected chi connectivity index (χ2v) is 4.86. The molecule has 0 amide bonds. The minimum atomic E-state index is 0.952. The van der Waals surface area contributed by atoms with Crippen LogP contribution in [0.4, 0.5) is 0 Å². The van der Waals surface area contributed by atoms with Gasteiger partial charge in [0.25, 0.3) is 0 Å². The van der Waals surface area contributed by atoms with Crippen LogP contribution in [0.1, 0.15) is 65.7 Å². The molecule has 0 spiro atoms. The summed E-state index contributed by atoms with van der Waals surface area (Å²) in [6.45, 7) is 7.17. The van der Waals surface area contributed by atoms with E-state index in [9.17, 15) is 0 Å². The van der Waals surface area contributed by atoms with Gasteiger partial charge >= 0.3 is 0 Å². The highest BCUT2D eigenvalue weighted by Crippen LogP contribution is 2.36. The first-order valence-electron chi connectivity index (χ1n) is 6.29. The minimum Gasteiger partial charge on any atom is -0.0651 e. The minimum absolute atomic E-state index is 0.952. The van der Waals surface area contributed by atoms with Gasteiger partial charge in [-0.05, 0) is 17.8 Å². The zero-order valence-electron chi connectivity index (χ0n) is 9.68. The second-order valence-electron chi connectivity index (χ2n) is 4.86. The fraction of sp³-hybridized carbons (Fsp3) is 1.00. The lowest BCUT2D eigenvalue weighted by Crippen LogP contribution is -2.23. The van der Waals surface area contributed by atoms with Crippen molar-refractivity contribution in [2.24, 2.45) is 17.8 Å². The van der Waals surface area contributed by atoms with Gasteiger partial charge < -0.3 is 0 Å². The summed E-state index contributed by atoms with van der Waals surface area (Å²) in [6, 6.07) is 0. The Hall–Kier alpha value is 0. The Labute approximate surface area is 84.1 Å². The summed E-state index contributed by atoms with van der Waals surface area (Å²) in [5.74, 6) is 3.03. The molecule has 78 valence electrons. The quantitative estimate of drug-likeness (QED) is 0.594. The second kappa shape index (κ2) is 5.67. The summed E-state index contributed by atoms with van der Waals surface area (Å²) in [5, 5.41) is 0. The third-order valence-corrected chi connectivity index (χ3v) is 4.10. The van der Waals surface area contributed by atoms with E-state index in [0.29, 0.717) is 0 Å². The standard InChI is InChI=1S/C13H26/c1-4-11(3)13(5-2)12-9-7-6-8-10-12/h11-13H,4-10H2,1-3H3/t11-,13-/m1/s1. The molecule has 1 rings (SSSR count). The average Bonchev–Trinajstić information content (AvgIpc) is 2.20. The van der Waals surface area contributed by atoms with E-state index in [4.69, 9.17) is 0 Å². The average molecular weight is 182 g/mol. The van der Waals surface area contributed by atoms with Crippen LogP contribution in [-0.2, 0) is 0 Å². The molecule has 0 aliphatic heterocycles. The summed E-state index contributed by atoms with van der Waals surface area (Å²) in [6.07, 6.45) is 10.3. The van der Waals surface area contributed by atoms with E-state index in [1.54, 1.807) is 0 Å². The normalized spacial score (nSPS) is 24.2. The Morgan fingerprint density at radius 1 is 1.00 bits per heavy atom. The summed E-state index contributed by atoms with van der Waals surface area (Å²) in [4.78, 5) is 0. The summed E-state index contributed by atoms with van der Waals surface area (Å²) in [5.41, 5.74) is 0. The van der Waals surface area contributed by atoms with Gasteiger partial charge in [-0.1, -0.05) is 65.7 Å². The van der Waals surface area contributed by atoms with Crippen LogP contribution >= 0.6 is 0 Å². The van der Waals surface area contributed by atoms with Crippen LogP contribution < -0.4 is 0 Å². The molecular formula is C13H26. The fourth-order valence-corrected chi connectivity index (χ4v) is 3.07. The molecule has 1 saturated carbocycles. The van der Waals surface area contributed by atoms with Gasteiger partial charge in [-0.25, -0.2) is 0 Å². The van der Waals surface area contributed by atoms with Gasteiger partial charge in [0.2, 0.25) is 0 Å². The highest BCUT2D eigenvalue weighted by Gasteiger charge is 2.25. The van der Waals surface area contributed by atoms with Crippen molar-refractivity contribution in [2.45, 2.75) is 65.7 Å². The van der Waals surface area contributed by atoms with Crippen LogP contribution in [-0.4, -0.2) is 0 Å². The molecule has 13 heavy (non-hydrogen) atoms. The van der Waals surface area contributed by atoms with E-state index in [0.717, 1.165) is 17.8 Å². The molecule has 0 bridgehead atoms. The molecule has 1 aliphatic carbocycles. The monoisotopic (exact) mass is 182 g/mol. The van der Waals surface area contributed by atoms with Gasteiger partial charge in [-0.3, -0.25) is 0 Å². The van der Waals surface area contributed by atoms with E-state index in [1.165, 1.54) is 44.9 Å². The molecule has 2 atom stereocenters. The van der Waals surface area contributed by atoms with Gasteiger partial charge in [0.05, 0.1) is 0 Å². The molecule has 1 aliphatic rings. The molecule has 0 unspecified atom stereocenters. The summed E-state index contributed by atoms with van der Waals surface area (Å²) in [7, 11) is 0. The van der Waals surface area contributed by atoms with E-state index in [1.807, 2.05) is 0 Å². The van der Waals surface area contributed by atoms with Gasteiger partial charge in [-0.2, -0.15) is 0 Å². The predicted molar refractivity (Wildman–Crippen MR) is 59.8 cm³/mol. The van der Waals surface area contributed by atoms with Crippen molar-refractivity contribution < 1.29 is 0 Å². The van der Waals surface area contributed by atoms with Crippen LogP contribution in [0, 0.1) is 17.8 Å². The highest BCUT2D eigenvalue weighted by atomic mass is 14.3. The Bertz CT molecular complexity index is 122. The van der Waals surface area contributed by atoms with Crippen molar-refractivity contribution in [3.63, 3.8) is 0 Å². The molecule has 0 saturated heterocycles. The zero-order valence-corrected chi connectivity index (χ0v) is 9.68.